The molecule has 0 aliphatic carbocycles. The lowest BCUT2D eigenvalue weighted by molar-refractivity contribution is -0.385. The van der Waals surface area contributed by atoms with Gasteiger partial charge in [-0.1, -0.05) is 19.0 Å². The van der Waals surface area contributed by atoms with Crippen molar-refractivity contribution in [3.05, 3.63) is 45.6 Å². The first kappa shape index (κ1) is 24.3. The number of rotatable bonds is 7. The van der Waals surface area contributed by atoms with Crippen LogP contribution < -0.4 is 10.2 Å². The summed E-state index contributed by atoms with van der Waals surface area (Å²) in [6.45, 7) is 4.60. The fraction of sp³-hybridized carbons (Fsp3) is 0.550. The Morgan fingerprint density at radius 3 is 2.64 bits per heavy atom. The van der Waals surface area contributed by atoms with Gasteiger partial charge < -0.3 is 19.5 Å². The van der Waals surface area contributed by atoms with Crippen LogP contribution in [0.4, 0.5) is 29.3 Å². The van der Waals surface area contributed by atoms with Gasteiger partial charge in [0, 0.05) is 43.4 Å². The summed E-state index contributed by atoms with van der Waals surface area (Å²) < 4.78 is 50.4. The standard InChI is InChI=1S/C20H24F3N5O5/c1-12(2)18-25-17(26-33-18)11-32-19(29)24-10-13-5-7-27(8-6-13)16-4-3-14(28(30)31)9-15(16)20(21,22)23/h3-4,9,12-13H,5-8,10-11H2,1-2H3,(H,24,29). The second-order valence-electron chi connectivity index (χ2n) is 8.05. The lowest BCUT2D eigenvalue weighted by Crippen LogP contribution is -2.39. The maximum atomic E-state index is 13.4. The third kappa shape index (κ3) is 6.33. The van der Waals surface area contributed by atoms with Crippen LogP contribution in [0.5, 0.6) is 0 Å². The molecule has 1 aliphatic heterocycles. The molecule has 1 aliphatic rings. The molecule has 3 rings (SSSR count). The number of non-ortho nitro benzene ring substituents is 1. The summed E-state index contributed by atoms with van der Waals surface area (Å²) in [4.78, 5) is 27.6. The van der Waals surface area contributed by atoms with Crippen LogP contribution >= 0.6 is 0 Å². The van der Waals surface area contributed by atoms with E-state index >= 15 is 0 Å². The molecule has 1 N–H and O–H groups in total. The third-order valence-corrected chi connectivity index (χ3v) is 5.30. The summed E-state index contributed by atoms with van der Waals surface area (Å²) in [5.41, 5.74) is -1.72. The van der Waals surface area contributed by atoms with Gasteiger partial charge in [-0.3, -0.25) is 10.1 Å². The zero-order chi connectivity index (χ0) is 24.2. The lowest BCUT2D eigenvalue weighted by atomic mass is 9.95. The largest absolute Gasteiger partial charge is 0.441 e. The molecule has 0 saturated carbocycles. The number of ether oxygens (including phenoxy) is 1. The molecule has 0 bridgehead atoms. The Balaban J connectivity index is 1.49. The summed E-state index contributed by atoms with van der Waals surface area (Å²) in [5.74, 6) is 0.816. The molecular weight excluding hydrogens is 447 g/mol. The lowest BCUT2D eigenvalue weighted by Gasteiger charge is -2.35. The van der Waals surface area contributed by atoms with E-state index in [4.69, 9.17) is 9.26 Å². The summed E-state index contributed by atoms with van der Waals surface area (Å²) in [6, 6.07) is 2.77. The number of aromatic nitrogens is 2. The maximum Gasteiger partial charge on any atom is 0.418 e. The van der Waals surface area contributed by atoms with Crippen LogP contribution in [0.1, 0.15) is 49.9 Å². The van der Waals surface area contributed by atoms with E-state index in [0.717, 1.165) is 12.1 Å². The molecule has 1 aromatic heterocycles. The number of piperidine rings is 1. The molecule has 0 atom stereocenters. The van der Waals surface area contributed by atoms with Gasteiger partial charge in [0.05, 0.1) is 10.5 Å². The van der Waals surface area contributed by atoms with Crippen molar-refractivity contribution < 1.29 is 32.1 Å². The minimum absolute atomic E-state index is 0.0545. The van der Waals surface area contributed by atoms with Crippen molar-refractivity contribution >= 4 is 17.5 Å². The van der Waals surface area contributed by atoms with Crippen LogP contribution in [0.2, 0.25) is 0 Å². The molecular formula is C20H24F3N5O5. The Hall–Kier alpha value is -3.38. The molecule has 13 heteroatoms. The number of alkyl halides is 3. The number of anilines is 1. The highest BCUT2D eigenvalue weighted by molar-refractivity contribution is 5.67. The van der Waals surface area contributed by atoms with Crippen LogP contribution in [0, 0.1) is 16.0 Å². The monoisotopic (exact) mass is 471 g/mol. The maximum absolute atomic E-state index is 13.4. The number of hydrogen-bond acceptors (Lipinski definition) is 8. The Bertz CT molecular complexity index is 987. The molecule has 0 radical (unpaired) electrons. The van der Waals surface area contributed by atoms with E-state index in [1.807, 2.05) is 13.8 Å². The minimum atomic E-state index is -4.71. The summed E-state index contributed by atoms with van der Waals surface area (Å²) >= 11 is 0. The van der Waals surface area contributed by atoms with Crippen LogP contribution in [-0.2, 0) is 17.5 Å². The van der Waals surface area contributed by atoms with Gasteiger partial charge in [0.1, 0.15) is 0 Å². The van der Waals surface area contributed by atoms with Crippen LogP contribution in [0.15, 0.2) is 22.7 Å². The van der Waals surface area contributed by atoms with Crippen molar-refractivity contribution in [1.82, 2.24) is 15.5 Å². The van der Waals surface area contributed by atoms with Crippen molar-refractivity contribution in [2.24, 2.45) is 5.92 Å². The SMILES string of the molecule is CC(C)c1nc(COC(=O)NCC2CCN(c3ccc([N+](=O)[O-])cc3C(F)(F)F)CC2)no1. The number of nitrogens with one attached hydrogen (secondary N) is 1. The third-order valence-electron chi connectivity index (χ3n) is 5.30. The average Bonchev–Trinajstić information content (AvgIpc) is 3.25. The van der Waals surface area contributed by atoms with Crippen molar-refractivity contribution in [2.45, 2.75) is 45.4 Å². The quantitative estimate of drug-likeness (QED) is 0.469. The van der Waals surface area contributed by atoms with Crippen molar-refractivity contribution in [2.75, 3.05) is 24.5 Å². The molecule has 180 valence electrons. The van der Waals surface area contributed by atoms with E-state index in [1.54, 1.807) is 4.90 Å². The molecule has 1 fully saturated rings. The molecule has 10 nitrogen and oxygen atoms in total. The highest BCUT2D eigenvalue weighted by Gasteiger charge is 2.37. The minimum Gasteiger partial charge on any atom is -0.441 e. The van der Waals surface area contributed by atoms with E-state index in [0.29, 0.717) is 44.4 Å². The topological polar surface area (TPSA) is 124 Å². The summed E-state index contributed by atoms with van der Waals surface area (Å²) in [5, 5.41) is 17.2. The number of nitrogens with zero attached hydrogens (tertiary/aromatic N) is 4. The van der Waals surface area contributed by atoms with Crippen LogP contribution in [-0.4, -0.2) is 40.8 Å². The van der Waals surface area contributed by atoms with Gasteiger partial charge in [-0.05, 0) is 24.8 Å². The summed E-state index contributed by atoms with van der Waals surface area (Å²) in [7, 11) is 0. The first-order valence-electron chi connectivity index (χ1n) is 10.4. The smallest absolute Gasteiger partial charge is 0.418 e. The van der Waals surface area contributed by atoms with Gasteiger partial charge >= 0.3 is 12.3 Å². The van der Waals surface area contributed by atoms with E-state index in [9.17, 15) is 28.1 Å². The predicted octanol–water partition coefficient (Wildman–Crippen LogP) is 4.26. The molecule has 1 saturated heterocycles. The van der Waals surface area contributed by atoms with Crippen molar-refractivity contribution in [3.8, 4) is 0 Å². The van der Waals surface area contributed by atoms with Gasteiger partial charge in [0.15, 0.2) is 6.61 Å². The Morgan fingerprint density at radius 1 is 1.36 bits per heavy atom. The Kier molecular flexibility index (Phi) is 7.39. The second-order valence-corrected chi connectivity index (χ2v) is 8.05. The molecule has 0 spiro atoms. The molecule has 33 heavy (non-hydrogen) atoms. The Morgan fingerprint density at radius 2 is 2.06 bits per heavy atom. The number of benzene rings is 1. The second kappa shape index (κ2) is 10.0. The highest BCUT2D eigenvalue weighted by Crippen LogP contribution is 2.39. The van der Waals surface area contributed by atoms with Crippen LogP contribution in [0.3, 0.4) is 0 Å². The van der Waals surface area contributed by atoms with E-state index in [1.165, 1.54) is 0 Å². The fourth-order valence-electron chi connectivity index (χ4n) is 3.49. The number of nitro groups is 1. The Labute approximate surface area is 187 Å². The number of nitro benzene ring substituents is 1. The van der Waals surface area contributed by atoms with E-state index < -0.39 is 28.4 Å². The van der Waals surface area contributed by atoms with Gasteiger partial charge in [-0.25, -0.2) is 4.79 Å². The zero-order valence-electron chi connectivity index (χ0n) is 18.1. The first-order chi connectivity index (χ1) is 15.5. The molecule has 2 heterocycles. The van der Waals surface area contributed by atoms with Crippen LogP contribution in [0.25, 0.3) is 0 Å². The number of amides is 1. The first-order valence-corrected chi connectivity index (χ1v) is 10.4. The molecule has 1 amide bonds. The number of hydrogen-bond donors (Lipinski definition) is 1. The fourth-order valence-corrected chi connectivity index (χ4v) is 3.49. The van der Waals surface area contributed by atoms with Gasteiger partial charge in [0.2, 0.25) is 11.7 Å². The zero-order valence-corrected chi connectivity index (χ0v) is 18.1. The molecule has 2 aromatic rings. The van der Waals surface area contributed by atoms with Gasteiger partial charge in [0.25, 0.3) is 5.69 Å². The number of alkyl carbamates (subject to hydrolysis) is 1. The normalized spacial score (nSPS) is 15.0. The summed E-state index contributed by atoms with van der Waals surface area (Å²) in [6.07, 6.45) is -4.28. The predicted molar refractivity (Wildman–Crippen MR) is 110 cm³/mol. The van der Waals surface area contributed by atoms with E-state index in [-0.39, 0.29) is 30.0 Å². The highest BCUT2D eigenvalue weighted by atomic mass is 19.4. The number of carbonyl (C=O) groups excluding carboxylic acids is 1. The van der Waals surface area contributed by atoms with Gasteiger partial charge in [-0.2, -0.15) is 18.2 Å². The van der Waals surface area contributed by atoms with Crippen molar-refractivity contribution in [1.29, 1.82) is 0 Å². The molecule has 1 aromatic carbocycles. The van der Waals surface area contributed by atoms with Gasteiger partial charge in [-0.15, -0.1) is 0 Å². The average molecular weight is 471 g/mol. The number of carbonyl (C=O) groups is 1. The number of halogens is 3. The van der Waals surface area contributed by atoms with Crippen molar-refractivity contribution in [3.63, 3.8) is 0 Å². The van der Waals surface area contributed by atoms with E-state index in [2.05, 4.69) is 15.5 Å². The molecule has 0 unspecified atom stereocenters.